The number of ether oxygens (including phenoxy) is 2. The second-order valence-electron chi connectivity index (χ2n) is 19.9. The van der Waals surface area contributed by atoms with E-state index in [2.05, 4.69) is 98.9 Å². The van der Waals surface area contributed by atoms with E-state index in [1.807, 2.05) is 21.1 Å². The fraction of sp³-hybridized carbons (Fsp3) is 0.733. The molecule has 0 bridgehead atoms. The van der Waals surface area contributed by atoms with Gasteiger partial charge in [0, 0.05) is 12.8 Å². The summed E-state index contributed by atoms with van der Waals surface area (Å²) in [5.41, 5.74) is 0. The number of quaternary nitrogens is 1. The van der Waals surface area contributed by atoms with Gasteiger partial charge in [-0.1, -0.05) is 214 Å². The van der Waals surface area contributed by atoms with Crippen molar-refractivity contribution in [3.05, 3.63) is 85.1 Å². The number of carbonyl (C=O) groups excluding carboxylic acids is 2. The fourth-order valence-electron chi connectivity index (χ4n) is 7.54. The van der Waals surface area contributed by atoms with E-state index >= 15 is 0 Å². The van der Waals surface area contributed by atoms with Crippen LogP contribution in [0.5, 0.6) is 0 Å². The van der Waals surface area contributed by atoms with Crippen LogP contribution in [-0.2, 0) is 32.7 Å². The number of likely N-dealkylation sites (N-methyl/N-ethyl adjacent to an activating group) is 1. The molecule has 9 nitrogen and oxygen atoms in total. The van der Waals surface area contributed by atoms with Crippen molar-refractivity contribution in [2.45, 2.75) is 238 Å². The van der Waals surface area contributed by atoms with Crippen LogP contribution in [0.4, 0.5) is 0 Å². The molecule has 0 aromatic heterocycles. The summed E-state index contributed by atoms with van der Waals surface area (Å²) in [4.78, 5) is 35.7. The van der Waals surface area contributed by atoms with E-state index in [0.717, 1.165) is 96.3 Å². The van der Waals surface area contributed by atoms with Crippen LogP contribution in [0.2, 0.25) is 0 Å². The zero-order valence-electron chi connectivity index (χ0n) is 45.7. The first-order valence-electron chi connectivity index (χ1n) is 28.3. The summed E-state index contributed by atoms with van der Waals surface area (Å²) in [6.45, 7) is 4.30. The molecule has 1 N–H and O–H groups in total. The lowest BCUT2D eigenvalue weighted by molar-refractivity contribution is -0.870. The number of hydrogen-bond donors (Lipinski definition) is 1. The van der Waals surface area contributed by atoms with E-state index in [1.54, 1.807) is 0 Å². The lowest BCUT2D eigenvalue weighted by atomic mass is 10.1. The summed E-state index contributed by atoms with van der Waals surface area (Å²) >= 11 is 0. The highest BCUT2D eigenvalue weighted by Crippen LogP contribution is 2.43. The van der Waals surface area contributed by atoms with Crippen molar-refractivity contribution in [2.24, 2.45) is 0 Å². The van der Waals surface area contributed by atoms with Crippen molar-refractivity contribution in [1.82, 2.24) is 0 Å². The lowest BCUT2D eigenvalue weighted by Crippen LogP contribution is -2.37. The zero-order valence-corrected chi connectivity index (χ0v) is 46.6. The summed E-state index contributed by atoms with van der Waals surface area (Å²) in [6, 6.07) is 0. The number of phosphoric acid groups is 1. The molecule has 0 aromatic carbocycles. The van der Waals surface area contributed by atoms with Gasteiger partial charge in [-0.25, -0.2) is 4.57 Å². The van der Waals surface area contributed by atoms with E-state index in [1.165, 1.54) is 103 Å². The van der Waals surface area contributed by atoms with Crippen LogP contribution < -0.4 is 0 Å². The molecule has 0 amide bonds. The molecule has 0 spiro atoms. The minimum Gasteiger partial charge on any atom is -0.462 e. The first-order valence-corrected chi connectivity index (χ1v) is 29.8. The Labute approximate surface area is 431 Å². The van der Waals surface area contributed by atoms with Crippen LogP contribution in [-0.4, -0.2) is 74.9 Å². The average molecular weight is 1000 g/mol. The molecular weight excluding hydrogens is 894 g/mol. The molecule has 0 aromatic rings. The molecule has 0 aliphatic rings. The van der Waals surface area contributed by atoms with E-state index in [4.69, 9.17) is 18.5 Å². The third kappa shape index (κ3) is 54.5. The van der Waals surface area contributed by atoms with Crippen molar-refractivity contribution in [3.63, 3.8) is 0 Å². The molecule has 0 aliphatic carbocycles. The largest absolute Gasteiger partial charge is 0.472 e. The molecule has 0 saturated heterocycles. The smallest absolute Gasteiger partial charge is 0.462 e. The number of hydrogen-bond acceptors (Lipinski definition) is 7. The van der Waals surface area contributed by atoms with Crippen molar-refractivity contribution in [1.29, 1.82) is 0 Å². The SMILES string of the molecule is CC/C=C\C/C=C\C/C=C\C/C=C\C/C=C\C/C=C\CCCCCCCCC(=O)OC(COC(=O)CCCCCCCCCCC/C=C\CCCCCCCCCC)COP(=O)(O)OCC[N+](C)(C)C. The van der Waals surface area contributed by atoms with Gasteiger partial charge in [-0.15, -0.1) is 0 Å². The monoisotopic (exact) mass is 1000 g/mol. The normalized spacial score (nSPS) is 14.0. The van der Waals surface area contributed by atoms with Crippen LogP contribution in [0, 0.1) is 0 Å². The first kappa shape index (κ1) is 67.2. The maximum atomic E-state index is 12.8. The van der Waals surface area contributed by atoms with E-state index < -0.39 is 26.5 Å². The van der Waals surface area contributed by atoms with Crippen molar-refractivity contribution >= 4 is 19.8 Å². The molecule has 0 saturated carbocycles. The molecule has 2 unspecified atom stereocenters. The molecule has 404 valence electrons. The molecule has 0 radical (unpaired) electrons. The zero-order chi connectivity index (χ0) is 51.3. The van der Waals surface area contributed by atoms with E-state index in [-0.39, 0.29) is 32.0 Å². The Kier molecular flexibility index (Phi) is 49.1. The Morgan fingerprint density at radius 1 is 0.457 bits per heavy atom. The Morgan fingerprint density at radius 2 is 0.814 bits per heavy atom. The standard InChI is InChI=1S/C60H106NO8P/c1-6-8-10-12-14-16-18-20-22-24-26-28-29-30-31-33-35-37-39-41-43-45-47-49-51-53-60(63)69-58(57-68-70(64,65)67-55-54-61(3,4)5)56-66-59(62)52-50-48-46-44-42-40-38-36-34-32-27-25-23-21-19-17-15-13-11-9-7-2/h8,10,14,16,20,22,25-28,30-31,35,37,58H,6-7,9,11-13,15,17-19,21,23-24,29,32-34,36,38-57H2,1-5H3/p+1/b10-8-,16-14-,22-20-,27-25-,28-26-,31-30-,37-35-. The predicted octanol–water partition coefficient (Wildman–Crippen LogP) is 17.5. The quantitative estimate of drug-likeness (QED) is 0.0211. The maximum Gasteiger partial charge on any atom is 0.472 e. The third-order valence-electron chi connectivity index (χ3n) is 11.9. The molecule has 0 fully saturated rings. The van der Waals surface area contributed by atoms with E-state index in [9.17, 15) is 19.0 Å². The number of rotatable bonds is 51. The van der Waals surface area contributed by atoms with Gasteiger partial charge in [0.25, 0.3) is 0 Å². The van der Waals surface area contributed by atoms with Crippen molar-refractivity contribution < 1.29 is 42.1 Å². The summed E-state index contributed by atoms with van der Waals surface area (Å²) in [7, 11) is 1.46. The maximum absolute atomic E-state index is 12.8. The lowest BCUT2D eigenvalue weighted by Gasteiger charge is -2.24. The highest BCUT2D eigenvalue weighted by molar-refractivity contribution is 7.47. The van der Waals surface area contributed by atoms with Crippen molar-refractivity contribution in [3.8, 4) is 0 Å². The number of allylic oxidation sites excluding steroid dienone is 14. The number of esters is 2. The second kappa shape index (κ2) is 51.1. The molecule has 0 heterocycles. The van der Waals surface area contributed by atoms with Gasteiger partial charge < -0.3 is 18.9 Å². The van der Waals surface area contributed by atoms with Crippen LogP contribution in [0.15, 0.2) is 85.1 Å². The molecule has 0 aliphatic heterocycles. The summed E-state index contributed by atoms with van der Waals surface area (Å²) in [6.07, 6.45) is 67.8. The highest BCUT2D eigenvalue weighted by Gasteiger charge is 2.27. The minimum atomic E-state index is -4.39. The molecule has 10 heteroatoms. The predicted molar refractivity (Wildman–Crippen MR) is 298 cm³/mol. The Morgan fingerprint density at radius 3 is 1.23 bits per heavy atom. The van der Waals surface area contributed by atoms with Gasteiger partial charge in [-0.3, -0.25) is 18.6 Å². The fourth-order valence-corrected chi connectivity index (χ4v) is 8.28. The Balaban J connectivity index is 4.25. The van der Waals surface area contributed by atoms with Gasteiger partial charge in [-0.05, 0) is 89.9 Å². The van der Waals surface area contributed by atoms with E-state index in [0.29, 0.717) is 17.4 Å². The van der Waals surface area contributed by atoms with Crippen LogP contribution in [0.3, 0.4) is 0 Å². The Bertz CT molecular complexity index is 1460. The molecule has 2 atom stereocenters. The topological polar surface area (TPSA) is 108 Å². The van der Waals surface area contributed by atoms with Gasteiger partial charge >= 0.3 is 19.8 Å². The Hall–Kier alpha value is -2.81. The number of unbranched alkanes of at least 4 members (excludes halogenated alkanes) is 23. The molecule has 0 rings (SSSR count). The van der Waals surface area contributed by atoms with Gasteiger partial charge in [-0.2, -0.15) is 0 Å². The summed E-state index contributed by atoms with van der Waals surface area (Å²) in [5, 5.41) is 0. The van der Waals surface area contributed by atoms with Gasteiger partial charge in [0.05, 0.1) is 27.7 Å². The average Bonchev–Trinajstić information content (AvgIpc) is 3.32. The highest BCUT2D eigenvalue weighted by atomic mass is 31.2. The van der Waals surface area contributed by atoms with Gasteiger partial charge in [0.2, 0.25) is 0 Å². The minimum absolute atomic E-state index is 0.0244. The van der Waals surface area contributed by atoms with Crippen molar-refractivity contribution in [2.75, 3.05) is 47.5 Å². The third-order valence-corrected chi connectivity index (χ3v) is 12.9. The summed E-state index contributed by atoms with van der Waals surface area (Å²) < 4.78 is 34.5. The van der Waals surface area contributed by atoms with Crippen LogP contribution in [0.1, 0.15) is 232 Å². The first-order chi connectivity index (χ1) is 34.0. The van der Waals surface area contributed by atoms with Crippen LogP contribution in [0.25, 0.3) is 0 Å². The van der Waals surface area contributed by atoms with Gasteiger partial charge in [0.1, 0.15) is 19.8 Å². The number of carbonyl (C=O) groups is 2. The molecular formula is C60H107NO8P+. The number of nitrogens with zero attached hydrogens (tertiary/aromatic N) is 1. The number of phosphoric ester groups is 1. The van der Waals surface area contributed by atoms with Crippen LogP contribution >= 0.6 is 7.82 Å². The summed E-state index contributed by atoms with van der Waals surface area (Å²) in [5.74, 6) is -0.817. The molecule has 70 heavy (non-hydrogen) atoms. The van der Waals surface area contributed by atoms with Gasteiger partial charge in [0.15, 0.2) is 6.10 Å². The second-order valence-corrected chi connectivity index (χ2v) is 21.4.